The number of carbonyl (C=O) groups excluding carboxylic acids is 1. The van der Waals surface area contributed by atoms with Gasteiger partial charge in [-0.1, -0.05) is 18.2 Å². The molecule has 0 saturated carbocycles. The smallest absolute Gasteiger partial charge is 0.251 e. The summed E-state index contributed by atoms with van der Waals surface area (Å²) in [7, 11) is 0. The van der Waals surface area contributed by atoms with Gasteiger partial charge in [-0.05, 0) is 18.2 Å². The third-order valence-electron chi connectivity index (χ3n) is 5.33. The molecule has 6 heteroatoms. The van der Waals surface area contributed by atoms with Crippen LogP contribution in [-0.4, -0.2) is 48.1 Å². The Balaban J connectivity index is 1.32. The van der Waals surface area contributed by atoms with Gasteiger partial charge >= 0.3 is 0 Å². The summed E-state index contributed by atoms with van der Waals surface area (Å²) in [5, 5.41) is 3.00. The lowest BCUT2D eigenvalue weighted by molar-refractivity contribution is 0.0902. The fraction of sp³-hybridized carbons (Fsp3) is 0.400. The number of nitrogens with zero attached hydrogens (tertiary/aromatic N) is 2. The van der Waals surface area contributed by atoms with Gasteiger partial charge in [0.15, 0.2) is 0 Å². The molecule has 0 bridgehead atoms. The molecule has 0 radical (unpaired) electrons. The van der Waals surface area contributed by atoms with Crippen molar-refractivity contribution in [2.24, 2.45) is 11.8 Å². The van der Waals surface area contributed by atoms with Crippen molar-refractivity contribution in [3.05, 3.63) is 65.7 Å². The molecule has 3 atom stereocenters. The van der Waals surface area contributed by atoms with E-state index >= 15 is 0 Å². The quantitative estimate of drug-likeness (QED) is 0.892. The van der Waals surface area contributed by atoms with E-state index in [2.05, 4.69) is 15.2 Å². The molecule has 0 spiro atoms. The van der Waals surface area contributed by atoms with Gasteiger partial charge in [-0.25, -0.2) is 4.39 Å². The summed E-state index contributed by atoms with van der Waals surface area (Å²) >= 11 is 0. The van der Waals surface area contributed by atoms with Crippen molar-refractivity contribution in [1.29, 1.82) is 0 Å². The van der Waals surface area contributed by atoms with E-state index in [1.54, 1.807) is 30.6 Å². The van der Waals surface area contributed by atoms with Crippen LogP contribution in [0.3, 0.4) is 0 Å². The van der Waals surface area contributed by atoms with Crippen molar-refractivity contribution >= 4 is 5.91 Å². The van der Waals surface area contributed by atoms with E-state index in [1.165, 1.54) is 6.07 Å². The number of hydrogen-bond acceptors (Lipinski definition) is 4. The second-order valence-electron chi connectivity index (χ2n) is 7.03. The maximum Gasteiger partial charge on any atom is 0.251 e. The molecule has 2 aliphatic heterocycles. The Labute approximate surface area is 152 Å². The van der Waals surface area contributed by atoms with Crippen molar-refractivity contribution in [3.8, 4) is 0 Å². The predicted octanol–water partition coefficient (Wildman–Crippen LogP) is 2.10. The van der Waals surface area contributed by atoms with Crippen molar-refractivity contribution in [2.45, 2.75) is 12.6 Å². The van der Waals surface area contributed by atoms with Crippen LogP contribution in [0.2, 0.25) is 0 Å². The number of nitrogens with one attached hydrogen (secondary N) is 1. The van der Waals surface area contributed by atoms with Crippen LogP contribution in [0.25, 0.3) is 0 Å². The topological polar surface area (TPSA) is 54.5 Å². The van der Waals surface area contributed by atoms with Crippen LogP contribution in [-0.2, 0) is 11.3 Å². The highest BCUT2D eigenvalue weighted by Crippen LogP contribution is 2.34. The van der Waals surface area contributed by atoms with Crippen molar-refractivity contribution in [1.82, 2.24) is 15.2 Å². The minimum Gasteiger partial charge on any atom is -0.376 e. The summed E-state index contributed by atoms with van der Waals surface area (Å²) in [5.41, 5.74) is 1.33. The third-order valence-corrected chi connectivity index (χ3v) is 5.33. The first-order chi connectivity index (χ1) is 12.7. The number of pyridine rings is 1. The highest BCUT2D eigenvalue weighted by atomic mass is 19.1. The van der Waals surface area contributed by atoms with Crippen LogP contribution in [0.4, 0.5) is 4.39 Å². The van der Waals surface area contributed by atoms with Crippen molar-refractivity contribution in [2.75, 3.05) is 26.2 Å². The minimum atomic E-state index is -0.161. The molecule has 0 unspecified atom stereocenters. The molecule has 2 aromatic rings. The van der Waals surface area contributed by atoms with Gasteiger partial charge in [0.1, 0.15) is 5.82 Å². The van der Waals surface area contributed by atoms with Gasteiger partial charge in [-0.2, -0.15) is 0 Å². The maximum absolute atomic E-state index is 13.9. The molecule has 3 heterocycles. The predicted molar refractivity (Wildman–Crippen MR) is 95.0 cm³/mol. The zero-order valence-electron chi connectivity index (χ0n) is 14.5. The van der Waals surface area contributed by atoms with E-state index in [1.807, 2.05) is 12.1 Å². The summed E-state index contributed by atoms with van der Waals surface area (Å²) in [6, 6.07) is 10.3. The Morgan fingerprint density at radius 2 is 2.04 bits per heavy atom. The molecule has 4 rings (SSSR count). The lowest BCUT2D eigenvalue weighted by Crippen LogP contribution is -2.34. The Morgan fingerprint density at radius 3 is 2.85 bits per heavy atom. The summed E-state index contributed by atoms with van der Waals surface area (Å²) < 4.78 is 19.8. The Bertz CT molecular complexity index is 771. The van der Waals surface area contributed by atoms with Crippen LogP contribution in [0.15, 0.2) is 48.8 Å². The Hall–Kier alpha value is -2.31. The summed E-state index contributed by atoms with van der Waals surface area (Å²) in [6.45, 7) is 3.54. The zero-order valence-corrected chi connectivity index (χ0v) is 14.5. The van der Waals surface area contributed by atoms with Crippen molar-refractivity contribution in [3.63, 3.8) is 0 Å². The van der Waals surface area contributed by atoms with E-state index in [-0.39, 0.29) is 23.7 Å². The number of benzene rings is 1. The first kappa shape index (κ1) is 17.1. The van der Waals surface area contributed by atoms with E-state index < -0.39 is 0 Å². The standard InChI is InChI=1S/C20H22FN3O2/c21-18-4-2-1-3-15(18)10-24-11-17-16(13-26-19(17)12-24)9-23-20(25)14-5-7-22-8-6-14/h1-8,16-17,19H,9-13H2,(H,23,25)/t16-,17+,19+/m0/s1. The number of carbonyl (C=O) groups is 1. The molecule has 26 heavy (non-hydrogen) atoms. The van der Waals surface area contributed by atoms with E-state index in [4.69, 9.17) is 4.74 Å². The van der Waals surface area contributed by atoms with E-state index in [0.717, 1.165) is 18.7 Å². The first-order valence-electron chi connectivity index (χ1n) is 8.96. The molecule has 5 nitrogen and oxygen atoms in total. The largest absolute Gasteiger partial charge is 0.376 e. The average molecular weight is 355 g/mol. The number of rotatable bonds is 5. The van der Waals surface area contributed by atoms with Gasteiger partial charge in [-0.3, -0.25) is 14.7 Å². The third kappa shape index (κ3) is 3.61. The van der Waals surface area contributed by atoms with Gasteiger partial charge in [-0.15, -0.1) is 0 Å². The number of hydrogen-bond donors (Lipinski definition) is 1. The second kappa shape index (κ2) is 7.51. The number of ether oxygens (including phenoxy) is 1. The van der Waals surface area contributed by atoms with Gasteiger partial charge < -0.3 is 10.1 Å². The normalized spacial score (nSPS) is 25.2. The first-order valence-corrected chi connectivity index (χ1v) is 8.96. The number of aromatic nitrogens is 1. The molecule has 2 aliphatic rings. The maximum atomic E-state index is 13.9. The molecule has 0 aliphatic carbocycles. The van der Waals surface area contributed by atoms with Crippen LogP contribution < -0.4 is 5.32 Å². The Morgan fingerprint density at radius 1 is 1.23 bits per heavy atom. The lowest BCUT2D eigenvalue weighted by atomic mass is 9.93. The van der Waals surface area contributed by atoms with Crippen LogP contribution in [0.1, 0.15) is 15.9 Å². The molecule has 2 fully saturated rings. The van der Waals surface area contributed by atoms with Crippen LogP contribution in [0.5, 0.6) is 0 Å². The molecule has 1 aromatic carbocycles. The number of halogens is 1. The van der Waals surface area contributed by atoms with Gasteiger partial charge in [0.2, 0.25) is 0 Å². The number of fused-ring (bicyclic) bond motifs is 1. The molecule has 136 valence electrons. The van der Waals surface area contributed by atoms with E-state index in [9.17, 15) is 9.18 Å². The van der Waals surface area contributed by atoms with Gasteiger partial charge in [0.05, 0.1) is 12.7 Å². The lowest BCUT2D eigenvalue weighted by Gasteiger charge is -2.20. The monoisotopic (exact) mass is 355 g/mol. The molecule has 2 saturated heterocycles. The Kier molecular flexibility index (Phi) is 4.95. The SMILES string of the molecule is O=C(NC[C@H]1CO[C@@H]2CN(Cc3ccccc3F)C[C@H]12)c1ccncc1. The summed E-state index contributed by atoms with van der Waals surface area (Å²) in [5.74, 6) is 0.416. The highest BCUT2D eigenvalue weighted by Gasteiger charge is 2.43. The van der Waals surface area contributed by atoms with Crippen molar-refractivity contribution < 1.29 is 13.9 Å². The van der Waals surface area contributed by atoms with Crippen LogP contribution in [0, 0.1) is 17.7 Å². The number of likely N-dealkylation sites (tertiary alicyclic amines) is 1. The molecular formula is C20H22FN3O2. The zero-order chi connectivity index (χ0) is 17.9. The van der Waals surface area contributed by atoms with Gasteiger partial charge in [0, 0.05) is 61.5 Å². The second-order valence-corrected chi connectivity index (χ2v) is 7.03. The molecular weight excluding hydrogens is 333 g/mol. The minimum absolute atomic E-state index is 0.0861. The summed E-state index contributed by atoms with van der Waals surface area (Å²) in [4.78, 5) is 18.4. The van der Waals surface area contributed by atoms with Gasteiger partial charge in [0.25, 0.3) is 5.91 Å². The highest BCUT2D eigenvalue weighted by molar-refractivity contribution is 5.93. The molecule has 1 aromatic heterocycles. The van der Waals surface area contributed by atoms with Crippen LogP contribution >= 0.6 is 0 Å². The fourth-order valence-corrected chi connectivity index (χ4v) is 3.92. The summed E-state index contributed by atoms with van der Waals surface area (Å²) in [6.07, 6.45) is 3.40. The number of amides is 1. The fourth-order valence-electron chi connectivity index (χ4n) is 3.92. The van der Waals surface area contributed by atoms with E-state index in [0.29, 0.717) is 31.2 Å². The molecule has 1 N–H and O–H groups in total. The molecule has 1 amide bonds. The average Bonchev–Trinajstić information content (AvgIpc) is 3.23.